The van der Waals surface area contributed by atoms with Crippen LogP contribution in [0.2, 0.25) is 10.0 Å². The Hall–Kier alpha value is -3.50. The van der Waals surface area contributed by atoms with E-state index in [9.17, 15) is 4.79 Å². The molecule has 0 fully saturated rings. The zero-order chi connectivity index (χ0) is 20.5. The lowest BCUT2D eigenvalue weighted by atomic mass is 10.2. The van der Waals surface area contributed by atoms with Crippen molar-refractivity contribution in [3.05, 3.63) is 58.5 Å². The average molecular weight is 430 g/mol. The average Bonchev–Trinajstić information content (AvgIpc) is 3.29. The number of para-hydroxylation sites is 1. The van der Waals surface area contributed by atoms with Crippen LogP contribution in [-0.4, -0.2) is 40.9 Å². The number of tetrazole rings is 1. The quantitative estimate of drug-likeness (QED) is 0.498. The summed E-state index contributed by atoms with van der Waals surface area (Å²) in [6.45, 7) is 0. The van der Waals surface area contributed by atoms with Crippen LogP contribution in [0.25, 0.3) is 17.1 Å². The predicted octanol–water partition coefficient (Wildman–Crippen LogP) is 2.61. The molecule has 0 spiro atoms. The molecule has 4 rings (SSSR count). The number of anilines is 2. The van der Waals surface area contributed by atoms with Crippen molar-refractivity contribution in [3.63, 3.8) is 0 Å². The molecule has 0 aliphatic rings. The number of carbonyl (C=O) groups excluding carboxylic acids is 1. The van der Waals surface area contributed by atoms with Crippen LogP contribution in [0.15, 0.2) is 42.7 Å². The smallest absolute Gasteiger partial charge is 0.271 e. The van der Waals surface area contributed by atoms with Crippen molar-refractivity contribution in [2.24, 2.45) is 12.8 Å². The van der Waals surface area contributed by atoms with E-state index in [0.717, 1.165) is 0 Å². The van der Waals surface area contributed by atoms with Crippen LogP contribution < -0.4 is 11.1 Å². The fourth-order valence-corrected chi connectivity index (χ4v) is 3.18. The van der Waals surface area contributed by atoms with Gasteiger partial charge in [-0.1, -0.05) is 29.3 Å². The summed E-state index contributed by atoms with van der Waals surface area (Å²) >= 11 is 12.5. The third-order valence-electron chi connectivity index (χ3n) is 3.91. The van der Waals surface area contributed by atoms with E-state index < -0.39 is 5.91 Å². The minimum Gasteiger partial charge on any atom is -0.364 e. The van der Waals surface area contributed by atoms with Gasteiger partial charge < -0.3 is 11.1 Å². The molecule has 0 bridgehead atoms. The zero-order valence-electron chi connectivity index (χ0n) is 14.9. The van der Waals surface area contributed by atoms with Gasteiger partial charge in [-0.25, -0.2) is 9.67 Å². The Kier molecular flexibility index (Phi) is 4.87. The van der Waals surface area contributed by atoms with Crippen LogP contribution in [0.1, 0.15) is 10.5 Å². The van der Waals surface area contributed by atoms with Crippen molar-refractivity contribution in [1.29, 1.82) is 0 Å². The van der Waals surface area contributed by atoms with E-state index in [4.69, 9.17) is 28.9 Å². The molecule has 10 nitrogen and oxygen atoms in total. The Labute approximate surface area is 174 Å². The largest absolute Gasteiger partial charge is 0.364 e. The predicted molar refractivity (Wildman–Crippen MR) is 107 cm³/mol. The topological polar surface area (TPSA) is 129 Å². The number of aromatic nitrogens is 7. The normalized spacial score (nSPS) is 10.9. The number of primary amides is 1. The first-order valence-electron chi connectivity index (χ1n) is 8.23. The molecule has 3 N–H and O–H groups in total. The van der Waals surface area contributed by atoms with Gasteiger partial charge in [0.25, 0.3) is 5.91 Å². The maximum absolute atomic E-state index is 11.9. The number of amides is 1. The Bertz CT molecular complexity index is 1180. The van der Waals surface area contributed by atoms with E-state index in [2.05, 4.69) is 30.8 Å². The lowest BCUT2D eigenvalue weighted by molar-refractivity contribution is 0.0996. The van der Waals surface area contributed by atoms with E-state index in [0.29, 0.717) is 38.6 Å². The lowest BCUT2D eigenvalue weighted by Crippen LogP contribution is -2.14. The van der Waals surface area contributed by atoms with Gasteiger partial charge in [-0.2, -0.15) is 9.90 Å². The summed E-state index contributed by atoms with van der Waals surface area (Å²) < 4.78 is 1.39. The number of pyridine rings is 1. The summed E-state index contributed by atoms with van der Waals surface area (Å²) in [4.78, 5) is 17.5. The van der Waals surface area contributed by atoms with Gasteiger partial charge >= 0.3 is 0 Å². The van der Waals surface area contributed by atoms with Gasteiger partial charge in [0.2, 0.25) is 5.82 Å². The maximum Gasteiger partial charge on any atom is 0.271 e. The standard InChI is InChI=1S/C17H13Cl2N9O/c1-27-25-17(23-26-27)9-5-6-13(21-7-9)22-12-8-28(24-14(12)16(20)29)15-10(18)3-2-4-11(15)19/h2-8H,1H3,(H2,20,29)(H,21,22). The molecule has 1 amide bonds. The number of nitrogens with zero attached hydrogens (tertiary/aromatic N) is 7. The number of nitrogens with one attached hydrogen (secondary N) is 1. The lowest BCUT2D eigenvalue weighted by Gasteiger charge is -2.06. The molecule has 0 unspecified atom stereocenters. The number of aryl methyl sites for hydroxylation is 1. The second-order valence-electron chi connectivity index (χ2n) is 5.93. The molecule has 3 aromatic heterocycles. The van der Waals surface area contributed by atoms with Crippen molar-refractivity contribution in [1.82, 2.24) is 35.0 Å². The van der Waals surface area contributed by atoms with Crippen molar-refractivity contribution in [2.75, 3.05) is 5.32 Å². The van der Waals surface area contributed by atoms with Crippen molar-refractivity contribution >= 4 is 40.6 Å². The molecule has 29 heavy (non-hydrogen) atoms. The fourth-order valence-electron chi connectivity index (χ4n) is 2.61. The van der Waals surface area contributed by atoms with Crippen LogP contribution in [0.5, 0.6) is 0 Å². The van der Waals surface area contributed by atoms with Gasteiger partial charge in [0.05, 0.1) is 29.0 Å². The number of hydrogen-bond acceptors (Lipinski definition) is 7. The van der Waals surface area contributed by atoms with Gasteiger partial charge in [-0.3, -0.25) is 4.79 Å². The molecule has 1 aromatic carbocycles. The van der Waals surface area contributed by atoms with Gasteiger partial charge in [0, 0.05) is 11.8 Å². The number of nitrogens with two attached hydrogens (primary N) is 1. The molecular weight excluding hydrogens is 417 g/mol. The highest BCUT2D eigenvalue weighted by molar-refractivity contribution is 6.37. The highest BCUT2D eigenvalue weighted by Crippen LogP contribution is 2.30. The summed E-state index contributed by atoms with van der Waals surface area (Å²) in [5.74, 6) is 0.199. The van der Waals surface area contributed by atoms with E-state index in [1.54, 1.807) is 49.8 Å². The SMILES string of the molecule is Cn1nnc(-c2ccc(Nc3cn(-c4c(Cl)cccc4Cl)nc3C(N)=O)nc2)n1. The Balaban J connectivity index is 1.66. The van der Waals surface area contributed by atoms with E-state index >= 15 is 0 Å². The number of carbonyl (C=O) groups is 1. The number of hydrogen-bond donors (Lipinski definition) is 2. The molecular formula is C17H13Cl2N9O. The maximum atomic E-state index is 11.9. The van der Waals surface area contributed by atoms with Crippen LogP contribution in [-0.2, 0) is 7.05 Å². The highest BCUT2D eigenvalue weighted by atomic mass is 35.5. The minimum atomic E-state index is -0.713. The molecule has 0 aliphatic heterocycles. The number of halogens is 2. The third kappa shape index (κ3) is 3.75. The molecule has 12 heteroatoms. The second-order valence-corrected chi connectivity index (χ2v) is 6.74. The van der Waals surface area contributed by atoms with Gasteiger partial charge in [-0.05, 0) is 29.5 Å². The number of rotatable bonds is 5. The Morgan fingerprint density at radius 2 is 1.90 bits per heavy atom. The Morgan fingerprint density at radius 3 is 2.48 bits per heavy atom. The molecule has 0 saturated heterocycles. The van der Waals surface area contributed by atoms with Crippen molar-refractivity contribution < 1.29 is 4.79 Å². The van der Waals surface area contributed by atoms with Crippen molar-refractivity contribution in [3.8, 4) is 17.1 Å². The van der Waals surface area contributed by atoms with E-state index in [-0.39, 0.29) is 5.69 Å². The molecule has 0 atom stereocenters. The minimum absolute atomic E-state index is 0.0162. The molecule has 0 radical (unpaired) electrons. The summed E-state index contributed by atoms with van der Waals surface area (Å²) in [5, 5.41) is 19.8. The highest BCUT2D eigenvalue weighted by Gasteiger charge is 2.18. The Morgan fingerprint density at radius 1 is 1.14 bits per heavy atom. The fraction of sp³-hybridized carbons (Fsp3) is 0.0588. The van der Waals surface area contributed by atoms with Crippen LogP contribution in [0.3, 0.4) is 0 Å². The van der Waals surface area contributed by atoms with E-state index in [1.165, 1.54) is 9.48 Å². The van der Waals surface area contributed by atoms with E-state index in [1.807, 2.05) is 0 Å². The van der Waals surface area contributed by atoms with Crippen LogP contribution >= 0.6 is 23.2 Å². The third-order valence-corrected chi connectivity index (χ3v) is 4.52. The van der Waals surface area contributed by atoms with Crippen molar-refractivity contribution in [2.45, 2.75) is 0 Å². The first-order valence-corrected chi connectivity index (χ1v) is 8.99. The zero-order valence-corrected chi connectivity index (χ0v) is 16.4. The van der Waals surface area contributed by atoms with Gasteiger partial charge in [-0.15, -0.1) is 10.2 Å². The van der Waals surface area contributed by atoms with Crippen LogP contribution in [0, 0.1) is 0 Å². The number of benzene rings is 1. The second kappa shape index (κ2) is 7.49. The van der Waals surface area contributed by atoms with Gasteiger partial charge in [0.15, 0.2) is 5.69 Å². The molecule has 0 aliphatic carbocycles. The molecule has 4 aromatic rings. The first kappa shape index (κ1) is 18.8. The van der Waals surface area contributed by atoms with Crippen LogP contribution in [0.4, 0.5) is 11.5 Å². The first-order chi connectivity index (χ1) is 13.9. The van der Waals surface area contributed by atoms with Gasteiger partial charge in [0.1, 0.15) is 11.5 Å². The summed E-state index contributed by atoms with van der Waals surface area (Å²) in [6.07, 6.45) is 3.14. The summed E-state index contributed by atoms with van der Waals surface area (Å²) in [5.41, 5.74) is 6.97. The molecule has 0 saturated carbocycles. The summed E-state index contributed by atoms with van der Waals surface area (Å²) in [7, 11) is 1.67. The monoisotopic (exact) mass is 429 g/mol. The summed E-state index contributed by atoms with van der Waals surface area (Å²) in [6, 6.07) is 8.52. The molecule has 146 valence electrons. The molecule has 3 heterocycles.